The normalized spacial score (nSPS) is 11.0. The number of ether oxygens (including phenoxy) is 1. The van der Waals surface area contributed by atoms with Crippen LogP contribution in [0.25, 0.3) is 11.0 Å². The summed E-state index contributed by atoms with van der Waals surface area (Å²) in [5.74, 6) is 1.66. The number of nitrogens with zero attached hydrogens (tertiary/aromatic N) is 1. The van der Waals surface area contributed by atoms with Gasteiger partial charge in [0, 0.05) is 23.7 Å². The fourth-order valence-electron chi connectivity index (χ4n) is 2.73. The van der Waals surface area contributed by atoms with Crippen LogP contribution in [0, 0.1) is 0 Å². The Hall–Kier alpha value is -1.76. The predicted molar refractivity (Wildman–Crippen MR) is 111 cm³/mol. The summed E-state index contributed by atoms with van der Waals surface area (Å²) in [7, 11) is 0. The van der Waals surface area contributed by atoms with Gasteiger partial charge in [-0.1, -0.05) is 23.7 Å². The topological polar surface area (TPSA) is 62.0 Å². The Morgan fingerprint density at radius 3 is 2.88 bits per heavy atom. The second kappa shape index (κ2) is 9.26. The molecule has 0 unspecified atom stereocenters. The molecule has 0 spiro atoms. The molecule has 0 bridgehead atoms. The lowest BCUT2D eigenvalue weighted by Gasteiger charge is -2.13. The van der Waals surface area contributed by atoms with Gasteiger partial charge in [0.15, 0.2) is 0 Å². The maximum Gasteiger partial charge on any atom is 0.201 e. The predicted octanol–water partition coefficient (Wildman–Crippen LogP) is 4.97. The van der Waals surface area contributed by atoms with Gasteiger partial charge >= 0.3 is 0 Å². The lowest BCUT2D eigenvalue weighted by molar-refractivity contribution is 0.333. The summed E-state index contributed by atoms with van der Waals surface area (Å²) in [6.45, 7) is 5.02. The average Bonchev–Trinajstić information content (AvgIpc) is 3.03. The van der Waals surface area contributed by atoms with Crippen molar-refractivity contribution >= 4 is 44.5 Å². The van der Waals surface area contributed by atoms with Crippen LogP contribution >= 0.6 is 27.5 Å². The van der Waals surface area contributed by atoms with E-state index in [1.165, 1.54) is 0 Å². The number of anilines is 1. The molecule has 0 amide bonds. The van der Waals surface area contributed by atoms with Crippen LogP contribution in [0.1, 0.15) is 18.9 Å². The van der Waals surface area contributed by atoms with E-state index >= 15 is 0 Å². The van der Waals surface area contributed by atoms with E-state index in [1.807, 2.05) is 43.3 Å². The standard InChI is InChI=1S/C19H22BrClN4O/c1-2-26-18-13(10-14(21)11-15(18)20)12-22-8-5-9-23-19-24-16-6-3-4-7-17(16)25-19/h3-4,6-7,10-11,22H,2,5,8-9,12H2,1H3,(H2,23,24,25). The quantitative estimate of drug-likeness (QED) is 0.414. The zero-order valence-corrected chi connectivity index (χ0v) is 17.0. The van der Waals surface area contributed by atoms with Crippen LogP contribution in [0.5, 0.6) is 5.75 Å². The molecule has 0 aliphatic carbocycles. The largest absolute Gasteiger partial charge is 0.492 e. The van der Waals surface area contributed by atoms with Gasteiger partial charge in [-0.3, -0.25) is 0 Å². The number of nitrogens with one attached hydrogen (secondary N) is 3. The lowest BCUT2D eigenvalue weighted by atomic mass is 10.2. The molecule has 0 saturated heterocycles. The number of halogens is 2. The highest BCUT2D eigenvalue weighted by atomic mass is 79.9. The average molecular weight is 438 g/mol. The van der Waals surface area contributed by atoms with E-state index in [-0.39, 0.29) is 0 Å². The summed E-state index contributed by atoms with van der Waals surface area (Å²) in [5.41, 5.74) is 3.07. The fourth-order valence-corrected chi connectivity index (χ4v) is 3.72. The van der Waals surface area contributed by atoms with Crippen molar-refractivity contribution < 1.29 is 4.74 Å². The number of fused-ring (bicyclic) bond motifs is 1. The minimum absolute atomic E-state index is 0.620. The molecule has 3 aromatic rings. The molecule has 0 aliphatic rings. The zero-order chi connectivity index (χ0) is 18.4. The number of rotatable bonds is 9. The van der Waals surface area contributed by atoms with Crippen molar-refractivity contribution in [1.29, 1.82) is 0 Å². The number of aromatic nitrogens is 2. The summed E-state index contributed by atoms with van der Waals surface area (Å²) in [6.07, 6.45) is 0.975. The Balaban J connectivity index is 1.44. The Labute approximate surface area is 166 Å². The molecule has 0 atom stereocenters. The van der Waals surface area contributed by atoms with Crippen LogP contribution in [0.3, 0.4) is 0 Å². The van der Waals surface area contributed by atoms with Gasteiger partial charge in [-0.05, 0) is 60.1 Å². The maximum atomic E-state index is 6.15. The minimum atomic E-state index is 0.620. The monoisotopic (exact) mass is 436 g/mol. The Morgan fingerprint density at radius 2 is 2.08 bits per heavy atom. The Bertz CT molecular complexity index is 835. The molecule has 0 radical (unpaired) electrons. The maximum absolute atomic E-state index is 6.15. The molecular weight excluding hydrogens is 416 g/mol. The first-order chi connectivity index (χ1) is 12.7. The van der Waals surface area contributed by atoms with Crippen molar-refractivity contribution in [3.05, 3.63) is 51.5 Å². The SMILES string of the molecule is CCOc1c(Br)cc(Cl)cc1CNCCCNc1nc2ccccc2[nH]1. The molecule has 138 valence electrons. The van der Waals surface area contributed by atoms with Gasteiger partial charge in [0.05, 0.1) is 22.1 Å². The molecule has 1 aromatic heterocycles. The van der Waals surface area contributed by atoms with E-state index in [9.17, 15) is 0 Å². The molecule has 2 aromatic carbocycles. The molecule has 0 fully saturated rings. The highest BCUT2D eigenvalue weighted by Crippen LogP contribution is 2.32. The third-order valence-electron chi connectivity index (χ3n) is 3.90. The number of para-hydroxylation sites is 2. The highest BCUT2D eigenvalue weighted by molar-refractivity contribution is 9.10. The van der Waals surface area contributed by atoms with Crippen molar-refractivity contribution in [3.63, 3.8) is 0 Å². The van der Waals surface area contributed by atoms with Gasteiger partial charge in [0.25, 0.3) is 0 Å². The van der Waals surface area contributed by atoms with E-state index in [2.05, 4.69) is 36.5 Å². The molecule has 3 rings (SSSR count). The van der Waals surface area contributed by atoms with Crippen molar-refractivity contribution in [2.75, 3.05) is 25.0 Å². The molecule has 1 heterocycles. The van der Waals surface area contributed by atoms with Gasteiger partial charge in [-0.15, -0.1) is 0 Å². The van der Waals surface area contributed by atoms with Crippen molar-refractivity contribution in [2.24, 2.45) is 0 Å². The Kier molecular flexibility index (Phi) is 6.77. The molecule has 7 heteroatoms. The first-order valence-electron chi connectivity index (χ1n) is 8.67. The number of hydrogen-bond acceptors (Lipinski definition) is 4. The van der Waals surface area contributed by atoms with Crippen LogP contribution in [0.2, 0.25) is 5.02 Å². The molecule has 5 nitrogen and oxygen atoms in total. The van der Waals surface area contributed by atoms with E-state index in [4.69, 9.17) is 16.3 Å². The molecular formula is C19H22BrClN4O. The molecule has 0 saturated carbocycles. The number of imidazole rings is 1. The molecule has 3 N–H and O–H groups in total. The smallest absolute Gasteiger partial charge is 0.201 e. The van der Waals surface area contributed by atoms with Crippen LogP contribution in [0.4, 0.5) is 5.95 Å². The summed E-state index contributed by atoms with van der Waals surface area (Å²) < 4.78 is 6.60. The van der Waals surface area contributed by atoms with Crippen LogP contribution in [0.15, 0.2) is 40.9 Å². The van der Waals surface area contributed by atoms with E-state index in [0.717, 1.165) is 52.3 Å². The summed E-state index contributed by atoms with van der Waals surface area (Å²) >= 11 is 9.67. The minimum Gasteiger partial charge on any atom is -0.492 e. The second-order valence-corrected chi connectivity index (χ2v) is 7.16. The van der Waals surface area contributed by atoms with Crippen molar-refractivity contribution in [2.45, 2.75) is 19.9 Å². The van der Waals surface area contributed by atoms with Crippen LogP contribution < -0.4 is 15.4 Å². The number of benzene rings is 2. The summed E-state index contributed by atoms with van der Waals surface area (Å²) in [4.78, 5) is 7.77. The number of hydrogen-bond donors (Lipinski definition) is 3. The summed E-state index contributed by atoms with van der Waals surface area (Å²) in [6, 6.07) is 11.8. The third kappa shape index (κ3) is 4.90. The van der Waals surface area contributed by atoms with Gasteiger partial charge < -0.3 is 20.4 Å². The number of H-pyrrole nitrogens is 1. The molecule has 0 aliphatic heterocycles. The van der Waals surface area contributed by atoms with E-state index in [0.29, 0.717) is 18.2 Å². The van der Waals surface area contributed by atoms with Crippen molar-refractivity contribution in [3.8, 4) is 5.75 Å². The van der Waals surface area contributed by atoms with Crippen LogP contribution in [-0.4, -0.2) is 29.7 Å². The van der Waals surface area contributed by atoms with Gasteiger partial charge in [0.2, 0.25) is 5.95 Å². The van der Waals surface area contributed by atoms with Gasteiger partial charge in [-0.2, -0.15) is 0 Å². The zero-order valence-electron chi connectivity index (χ0n) is 14.6. The van der Waals surface area contributed by atoms with Gasteiger partial charge in [0.1, 0.15) is 5.75 Å². The first-order valence-corrected chi connectivity index (χ1v) is 9.84. The lowest BCUT2D eigenvalue weighted by Crippen LogP contribution is -2.18. The Morgan fingerprint density at radius 1 is 1.23 bits per heavy atom. The summed E-state index contributed by atoms with van der Waals surface area (Å²) in [5, 5.41) is 7.46. The van der Waals surface area contributed by atoms with Crippen LogP contribution in [-0.2, 0) is 6.54 Å². The first kappa shape index (κ1) is 19.0. The number of aromatic amines is 1. The van der Waals surface area contributed by atoms with Gasteiger partial charge in [-0.25, -0.2) is 4.98 Å². The van der Waals surface area contributed by atoms with E-state index < -0.39 is 0 Å². The third-order valence-corrected chi connectivity index (χ3v) is 4.71. The highest BCUT2D eigenvalue weighted by Gasteiger charge is 2.09. The fraction of sp³-hybridized carbons (Fsp3) is 0.316. The van der Waals surface area contributed by atoms with E-state index in [1.54, 1.807) is 0 Å². The second-order valence-electron chi connectivity index (χ2n) is 5.87. The molecule has 26 heavy (non-hydrogen) atoms. The van der Waals surface area contributed by atoms with Crippen molar-refractivity contribution in [1.82, 2.24) is 15.3 Å².